The molecular weight excluding hydrogens is 270 g/mol. The summed E-state index contributed by atoms with van der Waals surface area (Å²) in [5.41, 5.74) is 5.54. The van der Waals surface area contributed by atoms with Gasteiger partial charge in [0.25, 0.3) is 0 Å². The molecule has 0 unspecified atom stereocenters. The van der Waals surface area contributed by atoms with Crippen LogP contribution in [0.4, 0.5) is 0 Å². The van der Waals surface area contributed by atoms with E-state index in [1.807, 2.05) is 13.8 Å². The van der Waals surface area contributed by atoms with Gasteiger partial charge in [0.05, 0.1) is 6.61 Å². The monoisotopic (exact) mass is 293 g/mol. The highest BCUT2D eigenvalue weighted by molar-refractivity contribution is 5.87. The van der Waals surface area contributed by atoms with E-state index in [9.17, 15) is 19.8 Å². The van der Waals surface area contributed by atoms with Crippen LogP contribution in [0.25, 0.3) is 0 Å². The van der Waals surface area contributed by atoms with Gasteiger partial charge in [-0.2, -0.15) is 0 Å². The first-order valence-corrected chi connectivity index (χ1v) is 6.30. The highest BCUT2D eigenvalue weighted by Crippen LogP contribution is 2.05. The van der Waals surface area contributed by atoms with Gasteiger partial charge in [0.1, 0.15) is 24.4 Å². The summed E-state index contributed by atoms with van der Waals surface area (Å²) >= 11 is 0. The van der Waals surface area contributed by atoms with Crippen LogP contribution in [0.5, 0.6) is 0 Å². The van der Waals surface area contributed by atoms with Crippen LogP contribution in [0.3, 0.4) is 0 Å². The highest BCUT2D eigenvalue weighted by atomic mass is 16.5. The molecule has 0 amide bonds. The molecule has 0 spiro atoms. The molecule has 0 aromatic carbocycles. The number of hydrogen-bond donors (Lipinski definition) is 5. The number of carbonyl (C=O) groups excluding carboxylic acids is 2. The molecule has 4 atom stereocenters. The van der Waals surface area contributed by atoms with Crippen LogP contribution >= 0.6 is 0 Å². The molecule has 8 heteroatoms. The molecule has 8 nitrogen and oxygen atoms in total. The summed E-state index contributed by atoms with van der Waals surface area (Å²) in [4.78, 5) is 22.9. The summed E-state index contributed by atoms with van der Waals surface area (Å²) in [7, 11) is 0. The number of ketones is 1. The van der Waals surface area contributed by atoms with E-state index in [1.165, 1.54) is 0 Å². The third-order valence-electron chi connectivity index (χ3n) is 2.62. The van der Waals surface area contributed by atoms with E-state index in [2.05, 4.69) is 4.74 Å². The van der Waals surface area contributed by atoms with Gasteiger partial charge in [-0.05, 0) is 12.3 Å². The molecule has 0 aliphatic carbocycles. The summed E-state index contributed by atoms with van der Waals surface area (Å²) in [6.45, 7) is 2.16. The fourth-order valence-electron chi connectivity index (χ4n) is 1.45. The molecule has 0 saturated heterocycles. The van der Waals surface area contributed by atoms with Crippen molar-refractivity contribution in [1.82, 2.24) is 0 Å². The molecule has 0 saturated carbocycles. The van der Waals surface area contributed by atoms with Crippen molar-refractivity contribution in [2.24, 2.45) is 11.7 Å². The number of nitrogens with two attached hydrogens (primary N) is 1. The Bertz CT molecular complexity index is 321. The predicted molar refractivity (Wildman–Crippen MR) is 68.5 cm³/mol. The van der Waals surface area contributed by atoms with Crippen molar-refractivity contribution in [3.05, 3.63) is 0 Å². The predicted octanol–water partition coefficient (Wildman–Crippen LogP) is -2.45. The minimum atomic E-state index is -1.95. The first-order valence-electron chi connectivity index (χ1n) is 6.30. The summed E-state index contributed by atoms with van der Waals surface area (Å²) in [6, 6.07) is -0.868. The molecule has 0 bridgehead atoms. The fourth-order valence-corrected chi connectivity index (χ4v) is 1.45. The van der Waals surface area contributed by atoms with Gasteiger partial charge in [0, 0.05) is 0 Å². The minimum Gasteiger partial charge on any atom is -0.456 e. The first-order chi connectivity index (χ1) is 9.20. The topological polar surface area (TPSA) is 150 Å². The summed E-state index contributed by atoms with van der Waals surface area (Å²) in [6.07, 6.45) is -5.07. The smallest absolute Gasteiger partial charge is 0.323 e. The average molecular weight is 293 g/mol. The zero-order valence-corrected chi connectivity index (χ0v) is 11.6. The van der Waals surface area contributed by atoms with Crippen LogP contribution in [-0.4, -0.2) is 69.7 Å². The minimum absolute atomic E-state index is 0.181. The Morgan fingerprint density at radius 2 is 1.75 bits per heavy atom. The largest absolute Gasteiger partial charge is 0.456 e. The van der Waals surface area contributed by atoms with Crippen molar-refractivity contribution in [3.63, 3.8) is 0 Å². The standard InChI is InChI=1S/C12H23NO7/c1-6(2)3-7(13)12(19)20-5-9(16)11(18)10(17)8(15)4-14/h6-8,10-11,14-15,17-18H,3-5,13H2,1-2H3/t7-,8+,10+,11+/m0/s1. The number of carbonyl (C=O) groups is 2. The maximum Gasteiger partial charge on any atom is 0.323 e. The second-order valence-electron chi connectivity index (χ2n) is 5.00. The number of aliphatic hydroxyl groups excluding tert-OH is 4. The lowest BCUT2D eigenvalue weighted by molar-refractivity contribution is -0.156. The van der Waals surface area contributed by atoms with Crippen molar-refractivity contribution in [3.8, 4) is 0 Å². The number of ether oxygens (including phenoxy) is 1. The summed E-state index contributed by atoms with van der Waals surface area (Å²) in [5.74, 6) is -1.59. The Kier molecular flexibility index (Phi) is 8.51. The van der Waals surface area contributed by atoms with Crippen LogP contribution in [0.1, 0.15) is 20.3 Å². The molecule has 0 aliphatic heterocycles. The van der Waals surface area contributed by atoms with Crippen molar-refractivity contribution in [2.45, 2.75) is 44.6 Å². The van der Waals surface area contributed by atoms with Gasteiger partial charge in [0.15, 0.2) is 6.61 Å². The Morgan fingerprint density at radius 3 is 2.20 bits per heavy atom. The van der Waals surface area contributed by atoms with E-state index >= 15 is 0 Å². The number of aliphatic hydroxyl groups is 4. The van der Waals surface area contributed by atoms with Crippen molar-refractivity contribution in [1.29, 1.82) is 0 Å². The molecule has 0 aliphatic rings. The lowest BCUT2D eigenvalue weighted by Gasteiger charge is -2.20. The molecule has 0 rings (SSSR count). The molecule has 0 aromatic heterocycles. The van der Waals surface area contributed by atoms with Crippen molar-refractivity contribution < 1.29 is 34.8 Å². The Hall–Kier alpha value is -1.06. The number of hydrogen-bond acceptors (Lipinski definition) is 8. The van der Waals surface area contributed by atoms with Gasteiger partial charge in [-0.3, -0.25) is 9.59 Å². The van der Waals surface area contributed by atoms with E-state index in [0.29, 0.717) is 6.42 Å². The molecule has 0 radical (unpaired) electrons. The summed E-state index contributed by atoms with van der Waals surface area (Å²) in [5, 5.41) is 36.3. The normalized spacial score (nSPS) is 17.4. The van der Waals surface area contributed by atoms with Gasteiger partial charge in [-0.25, -0.2) is 0 Å². The zero-order valence-electron chi connectivity index (χ0n) is 11.6. The molecular formula is C12H23NO7. The number of esters is 1. The van der Waals surface area contributed by atoms with E-state index in [4.69, 9.17) is 15.9 Å². The molecule has 0 fully saturated rings. The van der Waals surface area contributed by atoms with Crippen LogP contribution in [0.2, 0.25) is 0 Å². The Morgan fingerprint density at radius 1 is 1.20 bits per heavy atom. The molecule has 20 heavy (non-hydrogen) atoms. The quantitative estimate of drug-likeness (QED) is 0.294. The second-order valence-corrected chi connectivity index (χ2v) is 5.00. The van der Waals surface area contributed by atoms with E-state index < -0.39 is 49.3 Å². The Labute approximate surface area is 117 Å². The van der Waals surface area contributed by atoms with E-state index in [1.54, 1.807) is 0 Å². The first kappa shape index (κ1) is 18.9. The van der Waals surface area contributed by atoms with Gasteiger partial charge < -0.3 is 30.9 Å². The van der Waals surface area contributed by atoms with E-state index in [-0.39, 0.29) is 5.92 Å². The van der Waals surface area contributed by atoms with Crippen molar-refractivity contribution >= 4 is 11.8 Å². The Balaban J connectivity index is 4.24. The van der Waals surface area contributed by atoms with Gasteiger partial charge in [0.2, 0.25) is 5.78 Å². The highest BCUT2D eigenvalue weighted by Gasteiger charge is 2.30. The van der Waals surface area contributed by atoms with Crippen LogP contribution in [-0.2, 0) is 14.3 Å². The SMILES string of the molecule is CC(C)C[C@H](N)C(=O)OCC(=O)[C@@H](O)[C@H](O)[C@H](O)CO. The van der Waals surface area contributed by atoms with E-state index in [0.717, 1.165) is 0 Å². The number of Topliss-reactive ketones (excluding diaryl/α,β-unsaturated/α-hetero) is 1. The molecule has 0 heterocycles. The average Bonchev–Trinajstić information content (AvgIpc) is 2.40. The molecule has 0 aromatic rings. The maximum atomic E-state index is 11.4. The zero-order chi connectivity index (χ0) is 15.9. The van der Waals surface area contributed by atoms with Crippen molar-refractivity contribution in [2.75, 3.05) is 13.2 Å². The summed E-state index contributed by atoms with van der Waals surface area (Å²) < 4.78 is 4.62. The van der Waals surface area contributed by atoms with Gasteiger partial charge >= 0.3 is 5.97 Å². The lowest BCUT2D eigenvalue weighted by Crippen LogP contribution is -2.45. The second kappa shape index (κ2) is 8.98. The van der Waals surface area contributed by atoms with Gasteiger partial charge in [-0.15, -0.1) is 0 Å². The third-order valence-corrected chi connectivity index (χ3v) is 2.62. The molecule has 6 N–H and O–H groups in total. The number of rotatable bonds is 9. The molecule has 118 valence electrons. The lowest BCUT2D eigenvalue weighted by atomic mass is 10.0. The fraction of sp³-hybridized carbons (Fsp3) is 0.833. The van der Waals surface area contributed by atoms with Crippen LogP contribution in [0.15, 0.2) is 0 Å². The van der Waals surface area contributed by atoms with Gasteiger partial charge in [-0.1, -0.05) is 13.8 Å². The third kappa shape index (κ3) is 6.40. The van der Waals surface area contributed by atoms with Crippen LogP contribution in [0, 0.1) is 5.92 Å². The van der Waals surface area contributed by atoms with Crippen LogP contribution < -0.4 is 5.73 Å². The maximum absolute atomic E-state index is 11.4.